The van der Waals surface area contributed by atoms with Gasteiger partial charge in [-0.3, -0.25) is 4.79 Å². The van der Waals surface area contributed by atoms with E-state index in [0.717, 1.165) is 25.7 Å². The molecule has 0 heterocycles. The minimum Gasteiger partial charge on any atom is -0.493 e. The number of hydrogen-bond acceptors (Lipinski definition) is 5. The van der Waals surface area contributed by atoms with Gasteiger partial charge in [0, 0.05) is 12.3 Å². The van der Waals surface area contributed by atoms with Gasteiger partial charge in [-0.05, 0) is 63.6 Å². The van der Waals surface area contributed by atoms with Crippen molar-refractivity contribution < 1.29 is 23.8 Å². The molecule has 0 saturated heterocycles. The number of ether oxygens (including phenoxy) is 3. The second kappa shape index (κ2) is 9.74. The summed E-state index contributed by atoms with van der Waals surface area (Å²) >= 11 is 0. The fourth-order valence-corrected chi connectivity index (χ4v) is 2.89. The molecule has 1 fully saturated rings. The molecule has 2 rings (SSSR count). The summed E-state index contributed by atoms with van der Waals surface area (Å²) in [5, 5.41) is 2.91. The summed E-state index contributed by atoms with van der Waals surface area (Å²) in [6, 6.07) is 5.03. The van der Waals surface area contributed by atoms with E-state index in [1.807, 2.05) is 20.8 Å². The van der Waals surface area contributed by atoms with Crippen LogP contribution in [0.15, 0.2) is 18.2 Å². The predicted octanol–water partition coefficient (Wildman–Crippen LogP) is 4.19. The van der Waals surface area contributed by atoms with Crippen LogP contribution in [0.5, 0.6) is 5.75 Å². The van der Waals surface area contributed by atoms with Crippen LogP contribution in [0.3, 0.4) is 0 Å². The Hall–Kier alpha value is -2.08. The second-order valence-electron chi connectivity index (χ2n) is 6.96. The van der Waals surface area contributed by atoms with Gasteiger partial charge >= 0.3 is 5.97 Å². The van der Waals surface area contributed by atoms with Crippen LogP contribution in [0.4, 0.5) is 5.69 Å². The average molecular weight is 377 g/mol. The first-order valence-electron chi connectivity index (χ1n) is 9.85. The molecule has 27 heavy (non-hydrogen) atoms. The smallest absolute Gasteiger partial charge is 0.341 e. The Kier molecular flexibility index (Phi) is 7.66. The van der Waals surface area contributed by atoms with E-state index < -0.39 is 11.6 Å². The Morgan fingerprint density at radius 2 is 1.85 bits per heavy atom. The van der Waals surface area contributed by atoms with E-state index in [0.29, 0.717) is 30.2 Å². The van der Waals surface area contributed by atoms with E-state index in [-0.39, 0.29) is 18.4 Å². The van der Waals surface area contributed by atoms with Gasteiger partial charge in [-0.15, -0.1) is 0 Å². The first-order valence-corrected chi connectivity index (χ1v) is 9.85. The summed E-state index contributed by atoms with van der Waals surface area (Å²) in [6.45, 7) is 8.93. The van der Waals surface area contributed by atoms with Gasteiger partial charge in [0.05, 0.1) is 13.2 Å². The summed E-state index contributed by atoms with van der Waals surface area (Å²) in [5.74, 6) is 0.0450. The highest BCUT2D eigenvalue weighted by atomic mass is 16.5. The summed E-state index contributed by atoms with van der Waals surface area (Å²) in [5.41, 5.74) is -0.0121. The van der Waals surface area contributed by atoms with Gasteiger partial charge in [0.25, 0.3) is 5.91 Å². The highest BCUT2D eigenvalue weighted by molar-refractivity contribution is 6.00. The van der Waals surface area contributed by atoms with E-state index in [2.05, 4.69) is 5.32 Å². The van der Waals surface area contributed by atoms with Crippen molar-refractivity contribution in [2.45, 2.75) is 59.0 Å². The van der Waals surface area contributed by atoms with Crippen LogP contribution in [-0.2, 0) is 14.3 Å². The second-order valence-corrected chi connectivity index (χ2v) is 6.96. The van der Waals surface area contributed by atoms with Crippen molar-refractivity contribution in [1.29, 1.82) is 0 Å². The molecule has 0 aromatic heterocycles. The molecule has 1 unspecified atom stereocenters. The summed E-state index contributed by atoms with van der Waals surface area (Å²) in [7, 11) is 0. The number of amides is 1. The quantitative estimate of drug-likeness (QED) is 0.586. The number of nitrogens with one attached hydrogen (secondary N) is 1. The molecule has 0 aliphatic heterocycles. The van der Waals surface area contributed by atoms with E-state index >= 15 is 0 Å². The van der Waals surface area contributed by atoms with Gasteiger partial charge in [-0.2, -0.15) is 0 Å². The lowest BCUT2D eigenvalue weighted by Gasteiger charge is -2.28. The first-order chi connectivity index (χ1) is 13.0. The zero-order valence-electron chi connectivity index (χ0n) is 16.8. The Bertz CT molecular complexity index is 656. The minimum absolute atomic E-state index is 0.185. The van der Waals surface area contributed by atoms with Crippen LogP contribution in [0.25, 0.3) is 0 Å². The van der Waals surface area contributed by atoms with Crippen molar-refractivity contribution in [1.82, 2.24) is 0 Å². The van der Waals surface area contributed by atoms with Crippen LogP contribution in [0.2, 0.25) is 0 Å². The maximum Gasteiger partial charge on any atom is 0.341 e. The third kappa shape index (κ3) is 5.45. The van der Waals surface area contributed by atoms with E-state index in [1.165, 1.54) is 0 Å². The highest BCUT2D eigenvalue weighted by Gasteiger charge is 2.48. The SMILES string of the molecule is CCCOc1ccc(NC(=O)C(C)(OCCC)C2CC2)cc1C(=O)OCC. The zero-order valence-corrected chi connectivity index (χ0v) is 16.8. The van der Waals surface area contributed by atoms with E-state index in [9.17, 15) is 9.59 Å². The van der Waals surface area contributed by atoms with Crippen LogP contribution in [0, 0.1) is 5.92 Å². The molecule has 1 aliphatic rings. The Morgan fingerprint density at radius 3 is 2.44 bits per heavy atom. The monoisotopic (exact) mass is 377 g/mol. The molecule has 1 saturated carbocycles. The normalized spacial score (nSPS) is 15.7. The van der Waals surface area contributed by atoms with Gasteiger partial charge in [-0.25, -0.2) is 4.79 Å². The zero-order chi connectivity index (χ0) is 19.9. The Morgan fingerprint density at radius 1 is 1.15 bits per heavy atom. The van der Waals surface area contributed by atoms with Gasteiger partial charge in [0.1, 0.15) is 16.9 Å². The minimum atomic E-state index is -0.850. The topological polar surface area (TPSA) is 73.9 Å². The molecular formula is C21H31NO5. The lowest BCUT2D eigenvalue weighted by atomic mass is 9.98. The molecule has 6 heteroatoms. The molecular weight excluding hydrogens is 346 g/mol. The number of benzene rings is 1. The molecule has 0 bridgehead atoms. The third-order valence-electron chi connectivity index (χ3n) is 4.61. The molecule has 1 atom stereocenters. The summed E-state index contributed by atoms with van der Waals surface area (Å²) < 4.78 is 16.7. The van der Waals surface area contributed by atoms with Gasteiger partial charge in [0.15, 0.2) is 0 Å². The number of rotatable bonds is 11. The van der Waals surface area contributed by atoms with Gasteiger partial charge in [0.2, 0.25) is 0 Å². The fraction of sp³-hybridized carbons (Fsp3) is 0.619. The number of carbonyl (C=O) groups is 2. The van der Waals surface area contributed by atoms with Crippen LogP contribution >= 0.6 is 0 Å². The standard InChI is InChI=1S/C21H31NO5/c1-5-12-26-18-11-10-16(14-17(18)19(23)25-7-3)22-20(24)21(4,15-8-9-15)27-13-6-2/h10-11,14-15H,5-9,12-13H2,1-4H3,(H,22,24). The Labute approximate surface area is 161 Å². The van der Waals surface area contributed by atoms with Gasteiger partial charge in [-0.1, -0.05) is 13.8 Å². The fourth-order valence-electron chi connectivity index (χ4n) is 2.89. The lowest BCUT2D eigenvalue weighted by molar-refractivity contribution is -0.142. The average Bonchev–Trinajstić information content (AvgIpc) is 3.50. The van der Waals surface area contributed by atoms with Crippen LogP contribution < -0.4 is 10.1 Å². The molecule has 0 radical (unpaired) electrons. The van der Waals surface area contributed by atoms with Crippen LogP contribution in [0.1, 0.15) is 63.7 Å². The summed E-state index contributed by atoms with van der Waals surface area (Å²) in [6.07, 6.45) is 3.67. The predicted molar refractivity (Wildman–Crippen MR) is 104 cm³/mol. The summed E-state index contributed by atoms with van der Waals surface area (Å²) in [4.78, 5) is 25.2. The Balaban J connectivity index is 2.20. The number of esters is 1. The molecule has 1 aromatic rings. The molecule has 1 amide bonds. The van der Waals surface area contributed by atoms with Crippen molar-refractivity contribution >= 4 is 17.6 Å². The largest absolute Gasteiger partial charge is 0.493 e. The van der Waals surface area contributed by atoms with E-state index in [1.54, 1.807) is 25.1 Å². The first kappa shape index (κ1) is 21.2. The number of hydrogen-bond donors (Lipinski definition) is 1. The van der Waals surface area contributed by atoms with Gasteiger partial charge < -0.3 is 19.5 Å². The molecule has 1 N–H and O–H groups in total. The van der Waals surface area contributed by atoms with Crippen molar-refractivity contribution in [2.75, 3.05) is 25.1 Å². The maximum absolute atomic E-state index is 12.9. The van der Waals surface area contributed by atoms with Crippen molar-refractivity contribution in [3.05, 3.63) is 23.8 Å². The highest BCUT2D eigenvalue weighted by Crippen LogP contribution is 2.42. The number of anilines is 1. The molecule has 0 spiro atoms. The molecule has 1 aromatic carbocycles. The van der Waals surface area contributed by atoms with Crippen LogP contribution in [-0.4, -0.2) is 37.3 Å². The van der Waals surface area contributed by atoms with Crippen molar-refractivity contribution in [2.24, 2.45) is 5.92 Å². The molecule has 150 valence electrons. The third-order valence-corrected chi connectivity index (χ3v) is 4.61. The van der Waals surface area contributed by atoms with Crippen molar-refractivity contribution in [3.63, 3.8) is 0 Å². The molecule has 1 aliphatic carbocycles. The maximum atomic E-state index is 12.9. The lowest BCUT2D eigenvalue weighted by Crippen LogP contribution is -2.45. The number of carbonyl (C=O) groups excluding carboxylic acids is 2. The molecule has 6 nitrogen and oxygen atoms in total. The van der Waals surface area contributed by atoms with Crippen molar-refractivity contribution in [3.8, 4) is 5.75 Å². The van der Waals surface area contributed by atoms with E-state index in [4.69, 9.17) is 14.2 Å².